The molecule has 1 aliphatic carbocycles. The maximum atomic E-state index is 12.4. The topological polar surface area (TPSA) is 62.1 Å². The molecule has 1 fully saturated rings. The molecule has 1 heterocycles. The van der Waals surface area contributed by atoms with Crippen molar-refractivity contribution in [2.24, 2.45) is 4.99 Å². The fourth-order valence-electron chi connectivity index (χ4n) is 3.31. The zero-order chi connectivity index (χ0) is 17.6. The van der Waals surface area contributed by atoms with E-state index < -0.39 is 0 Å². The van der Waals surface area contributed by atoms with Crippen molar-refractivity contribution >= 4 is 12.0 Å². The van der Waals surface area contributed by atoms with E-state index >= 15 is 0 Å². The predicted molar refractivity (Wildman–Crippen MR) is 98.4 cm³/mol. The summed E-state index contributed by atoms with van der Waals surface area (Å²) in [6, 6.07) is 8.18. The second-order valence-electron chi connectivity index (χ2n) is 6.79. The minimum absolute atomic E-state index is 0.0237. The molecule has 1 aliphatic heterocycles. The van der Waals surface area contributed by atoms with Gasteiger partial charge < -0.3 is 9.84 Å². The second-order valence-corrected chi connectivity index (χ2v) is 6.79. The highest BCUT2D eigenvalue weighted by Crippen LogP contribution is 2.33. The summed E-state index contributed by atoms with van der Waals surface area (Å²) in [5, 5.41) is 10.3. The summed E-state index contributed by atoms with van der Waals surface area (Å²) < 4.78 is 5.32. The first-order valence-electron chi connectivity index (χ1n) is 8.95. The molecule has 134 valence electrons. The van der Waals surface area contributed by atoms with Gasteiger partial charge in [0.25, 0.3) is 0 Å². The number of carbonyl (C=O) groups is 1. The molecule has 3 rings (SSSR count). The molecular weight excluding hydrogens is 316 g/mol. The Morgan fingerprint density at radius 1 is 1.24 bits per heavy atom. The highest BCUT2D eigenvalue weighted by Gasteiger charge is 2.27. The van der Waals surface area contributed by atoms with E-state index in [-0.39, 0.29) is 17.5 Å². The lowest BCUT2D eigenvalue weighted by molar-refractivity contribution is -0.116. The number of hydrogen-bond donors (Lipinski definition) is 1. The number of ketones is 1. The molecule has 1 atom stereocenters. The molecule has 1 aromatic rings. The minimum atomic E-state index is -0.0237. The maximum Gasteiger partial charge on any atom is 0.168 e. The van der Waals surface area contributed by atoms with Gasteiger partial charge in [-0.05, 0) is 18.4 Å². The van der Waals surface area contributed by atoms with Gasteiger partial charge in [-0.3, -0.25) is 14.7 Å². The average Bonchev–Trinajstić information content (AvgIpc) is 2.62. The van der Waals surface area contributed by atoms with E-state index in [0.717, 1.165) is 38.4 Å². The van der Waals surface area contributed by atoms with Crippen LogP contribution in [0.5, 0.6) is 0 Å². The Balaban J connectivity index is 1.57. The first-order valence-corrected chi connectivity index (χ1v) is 8.95. The smallest absolute Gasteiger partial charge is 0.168 e. The van der Waals surface area contributed by atoms with Gasteiger partial charge in [-0.15, -0.1) is 0 Å². The Hall–Kier alpha value is -1.98. The van der Waals surface area contributed by atoms with Gasteiger partial charge in [0.1, 0.15) is 5.76 Å². The van der Waals surface area contributed by atoms with Gasteiger partial charge in [0.05, 0.1) is 25.3 Å². The molecule has 25 heavy (non-hydrogen) atoms. The number of aliphatic hydroxyl groups excluding tert-OH is 1. The van der Waals surface area contributed by atoms with Gasteiger partial charge in [-0.1, -0.05) is 29.8 Å². The van der Waals surface area contributed by atoms with E-state index in [0.29, 0.717) is 25.0 Å². The van der Waals surface area contributed by atoms with E-state index in [4.69, 9.17) is 4.74 Å². The molecule has 0 saturated carbocycles. The van der Waals surface area contributed by atoms with Gasteiger partial charge in [0.15, 0.2) is 5.78 Å². The number of rotatable bonds is 5. The molecule has 1 unspecified atom stereocenters. The third-order valence-electron chi connectivity index (χ3n) is 4.90. The molecule has 0 aromatic heterocycles. The van der Waals surface area contributed by atoms with E-state index in [2.05, 4.69) is 9.89 Å². The van der Waals surface area contributed by atoms with Gasteiger partial charge in [0, 0.05) is 38.7 Å². The van der Waals surface area contributed by atoms with Gasteiger partial charge in [-0.2, -0.15) is 0 Å². The first-order chi connectivity index (χ1) is 12.1. The van der Waals surface area contributed by atoms with Gasteiger partial charge >= 0.3 is 0 Å². The number of nitrogens with zero attached hydrogens (tertiary/aromatic N) is 2. The summed E-state index contributed by atoms with van der Waals surface area (Å²) in [5.41, 5.74) is 2.68. The number of aliphatic imine (C=N–C) groups is 1. The van der Waals surface area contributed by atoms with Gasteiger partial charge in [0.2, 0.25) is 0 Å². The van der Waals surface area contributed by atoms with Crippen LogP contribution in [0, 0.1) is 6.92 Å². The Bertz CT molecular complexity index is 658. The molecule has 1 N–H and O–H groups in total. The summed E-state index contributed by atoms with van der Waals surface area (Å²) >= 11 is 0. The standard InChI is InChI=1S/C20H26N2O3/c1-15-2-4-16(5-3-15)17-12-19(23)18(20(24)13-17)14-21-6-7-22-8-10-25-11-9-22/h2-5,14,17,23H,6-13H2,1H3. The van der Waals surface area contributed by atoms with Crippen molar-refractivity contribution in [3.05, 3.63) is 46.7 Å². The Morgan fingerprint density at radius 3 is 2.64 bits per heavy atom. The van der Waals surface area contributed by atoms with Crippen molar-refractivity contribution in [2.75, 3.05) is 39.4 Å². The number of aliphatic hydroxyl groups is 1. The van der Waals surface area contributed by atoms with Crippen LogP contribution in [0.25, 0.3) is 0 Å². The lowest BCUT2D eigenvalue weighted by atomic mass is 9.83. The highest BCUT2D eigenvalue weighted by atomic mass is 16.5. The van der Waals surface area contributed by atoms with Crippen LogP contribution in [0.4, 0.5) is 0 Å². The molecular formula is C20H26N2O3. The Labute approximate surface area is 149 Å². The van der Waals surface area contributed by atoms with Crippen molar-refractivity contribution < 1.29 is 14.6 Å². The predicted octanol–water partition coefficient (Wildman–Crippen LogP) is 2.66. The van der Waals surface area contributed by atoms with E-state index in [1.54, 1.807) is 6.21 Å². The normalized spacial score (nSPS) is 22.8. The monoisotopic (exact) mass is 342 g/mol. The molecule has 2 aliphatic rings. The average molecular weight is 342 g/mol. The fraction of sp³-hybridized carbons (Fsp3) is 0.500. The quantitative estimate of drug-likeness (QED) is 0.836. The van der Waals surface area contributed by atoms with Crippen LogP contribution in [-0.4, -0.2) is 61.4 Å². The van der Waals surface area contributed by atoms with Crippen LogP contribution < -0.4 is 0 Å². The fourth-order valence-corrected chi connectivity index (χ4v) is 3.31. The van der Waals surface area contributed by atoms with Crippen molar-refractivity contribution in [3.8, 4) is 0 Å². The zero-order valence-electron chi connectivity index (χ0n) is 14.8. The number of benzene rings is 1. The van der Waals surface area contributed by atoms with Crippen LogP contribution >= 0.6 is 0 Å². The lowest BCUT2D eigenvalue weighted by Crippen LogP contribution is -2.37. The molecule has 5 heteroatoms. The summed E-state index contributed by atoms with van der Waals surface area (Å²) in [6.07, 6.45) is 2.49. The maximum absolute atomic E-state index is 12.4. The number of ether oxygens (including phenoxy) is 1. The van der Waals surface area contributed by atoms with Crippen molar-refractivity contribution in [1.29, 1.82) is 0 Å². The summed E-state index contributed by atoms with van der Waals surface area (Å²) in [5.74, 6) is 0.194. The van der Waals surface area contributed by atoms with Gasteiger partial charge in [-0.25, -0.2) is 0 Å². The van der Waals surface area contributed by atoms with Crippen molar-refractivity contribution in [2.45, 2.75) is 25.7 Å². The highest BCUT2D eigenvalue weighted by molar-refractivity contribution is 6.14. The van der Waals surface area contributed by atoms with Crippen molar-refractivity contribution in [3.63, 3.8) is 0 Å². The molecule has 0 radical (unpaired) electrons. The third-order valence-corrected chi connectivity index (χ3v) is 4.90. The molecule has 1 aromatic carbocycles. The zero-order valence-corrected chi connectivity index (χ0v) is 14.8. The molecule has 1 saturated heterocycles. The van der Waals surface area contributed by atoms with Crippen LogP contribution in [0.1, 0.15) is 29.9 Å². The minimum Gasteiger partial charge on any atom is -0.511 e. The summed E-state index contributed by atoms with van der Waals surface area (Å²) in [6.45, 7) is 6.93. The first kappa shape index (κ1) is 17.8. The summed E-state index contributed by atoms with van der Waals surface area (Å²) in [7, 11) is 0. The Morgan fingerprint density at radius 2 is 1.96 bits per heavy atom. The second kappa shape index (κ2) is 8.41. The third kappa shape index (κ3) is 4.77. The molecule has 0 bridgehead atoms. The summed E-state index contributed by atoms with van der Waals surface area (Å²) in [4.78, 5) is 19.1. The van der Waals surface area contributed by atoms with Crippen LogP contribution in [-0.2, 0) is 9.53 Å². The largest absolute Gasteiger partial charge is 0.511 e. The number of aryl methyl sites for hydroxylation is 1. The molecule has 0 spiro atoms. The lowest BCUT2D eigenvalue weighted by Gasteiger charge is -2.25. The number of Topliss-reactive ketones (excluding diaryl/α,β-unsaturated/α-hetero) is 1. The number of allylic oxidation sites excluding steroid dienone is 2. The SMILES string of the molecule is Cc1ccc(C2CC(=O)C(C=NCCN3CCOCC3)=C(O)C2)cc1. The van der Waals surface area contributed by atoms with Crippen molar-refractivity contribution in [1.82, 2.24) is 4.90 Å². The number of carbonyl (C=O) groups excluding carboxylic acids is 1. The number of morpholine rings is 1. The number of hydrogen-bond acceptors (Lipinski definition) is 5. The molecule has 0 amide bonds. The van der Waals surface area contributed by atoms with Crippen LogP contribution in [0.15, 0.2) is 40.6 Å². The van der Waals surface area contributed by atoms with E-state index in [1.165, 1.54) is 5.56 Å². The van der Waals surface area contributed by atoms with E-state index in [1.807, 2.05) is 31.2 Å². The van der Waals surface area contributed by atoms with E-state index in [9.17, 15) is 9.90 Å². The van der Waals surface area contributed by atoms with Crippen LogP contribution in [0.3, 0.4) is 0 Å². The Kier molecular flexibility index (Phi) is 6.00. The van der Waals surface area contributed by atoms with Crippen LogP contribution in [0.2, 0.25) is 0 Å². The molecule has 5 nitrogen and oxygen atoms in total.